The number of phenolic OH excluding ortho intramolecular Hbond substituents is 1. The molecule has 0 atom stereocenters. The van der Waals surface area contributed by atoms with Crippen LogP contribution in [0.2, 0.25) is 0 Å². The predicted molar refractivity (Wildman–Crippen MR) is 114 cm³/mol. The number of unbranched alkanes of at least 4 members (excludes halogenated alkanes) is 1. The van der Waals surface area contributed by atoms with Crippen molar-refractivity contribution in [3.8, 4) is 11.5 Å². The van der Waals surface area contributed by atoms with Crippen molar-refractivity contribution < 1.29 is 18.6 Å². The Morgan fingerprint density at radius 3 is 2.70 bits per heavy atom. The monoisotopic (exact) mass is 428 g/mol. The average Bonchev–Trinajstić information content (AvgIpc) is 2.71. The molecule has 156 valence electrons. The Bertz CT molecular complexity index is 1350. The minimum Gasteiger partial charge on any atom is -0.508 e. The van der Waals surface area contributed by atoms with Crippen LogP contribution < -0.4 is 16.3 Å². The van der Waals surface area contributed by atoms with Gasteiger partial charge in [0.2, 0.25) is 0 Å². The molecule has 0 radical (unpaired) electrons. The summed E-state index contributed by atoms with van der Waals surface area (Å²) in [4.78, 5) is 13.0. The standard InChI is InChI=1S/C20H20N4O5S/c1-2-3-10-21-24-15-7-5-4-6-13(15)18(26)17(20(24)27)19-22-14-9-8-12(25)11-16(14)30(28,29)23-19/h4-9,11,21,25-26H,2-3,10H2,1H3,(H,22,23). The Morgan fingerprint density at radius 1 is 1.17 bits per heavy atom. The molecule has 0 saturated carbocycles. The van der Waals surface area contributed by atoms with Gasteiger partial charge in [0, 0.05) is 18.0 Å². The Hall–Kier alpha value is -3.53. The molecule has 1 aliphatic rings. The first-order valence-corrected chi connectivity index (χ1v) is 10.8. The maximum atomic E-state index is 13.3. The number of benzene rings is 2. The number of aromatic hydroxyl groups is 2. The first-order valence-electron chi connectivity index (χ1n) is 9.39. The van der Waals surface area contributed by atoms with Crippen molar-refractivity contribution in [1.82, 2.24) is 4.68 Å². The third-order valence-electron chi connectivity index (χ3n) is 4.80. The molecule has 3 aromatic rings. The molecule has 4 N–H and O–H groups in total. The van der Waals surface area contributed by atoms with Gasteiger partial charge < -0.3 is 21.0 Å². The van der Waals surface area contributed by atoms with Crippen LogP contribution in [0, 0.1) is 0 Å². The summed E-state index contributed by atoms with van der Waals surface area (Å²) in [6.45, 7) is 2.54. The SMILES string of the molecule is CCCCNn1c(=O)c(C2=NS(=O)(=O)c3cc(O)ccc3N2)c(O)c2ccccc21. The van der Waals surface area contributed by atoms with Crippen molar-refractivity contribution >= 4 is 32.4 Å². The van der Waals surface area contributed by atoms with E-state index in [4.69, 9.17) is 0 Å². The van der Waals surface area contributed by atoms with Gasteiger partial charge in [-0.2, -0.15) is 8.42 Å². The zero-order chi connectivity index (χ0) is 21.5. The van der Waals surface area contributed by atoms with E-state index in [1.807, 2.05) is 6.92 Å². The molecule has 0 spiro atoms. The fourth-order valence-electron chi connectivity index (χ4n) is 3.32. The number of nitrogens with zero attached hydrogens (tertiary/aromatic N) is 2. The molecule has 0 saturated heterocycles. The first kappa shape index (κ1) is 19.8. The molecule has 30 heavy (non-hydrogen) atoms. The van der Waals surface area contributed by atoms with E-state index in [1.54, 1.807) is 24.3 Å². The average molecular weight is 428 g/mol. The Balaban J connectivity index is 1.95. The number of sulfonamides is 1. The number of hydrogen-bond acceptors (Lipinski definition) is 7. The van der Waals surface area contributed by atoms with Gasteiger partial charge in [0.25, 0.3) is 15.6 Å². The van der Waals surface area contributed by atoms with Gasteiger partial charge in [-0.15, -0.1) is 4.40 Å². The fourth-order valence-corrected chi connectivity index (χ4v) is 4.46. The maximum absolute atomic E-state index is 13.3. The van der Waals surface area contributed by atoms with E-state index in [0.717, 1.165) is 18.9 Å². The Labute approximate surface area is 172 Å². The van der Waals surface area contributed by atoms with E-state index < -0.39 is 15.6 Å². The summed E-state index contributed by atoms with van der Waals surface area (Å²) in [6, 6.07) is 10.5. The summed E-state index contributed by atoms with van der Waals surface area (Å²) < 4.78 is 30.3. The first-order chi connectivity index (χ1) is 14.3. The van der Waals surface area contributed by atoms with Crippen molar-refractivity contribution in [2.24, 2.45) is 4.40 Å². The van der Waals surface area contributed by atoms with Crippen LogP contribution >= 0.6 is 0 Å². The van der Waals surface area contributed by atoms with E-state index in [2.05, 4.69) is 15.1 Å². The van der Waals surface area contributed by atoms with Crippen LogP contribution in [0.25, 0.3) is 10.9 Å². The van der Waals surface area contributed by atoms with E-state index in [9.17, 15) is 23.4 Å². The molecule has 0 bridgehead atoms. The summed E-state index contributed by atoms with van der Waals surface area (Å²) in [6.07, 6.45) is 1.74. The van der Waals surface area contributed by atoms with Crippen LogP contribution in [0.3, 0.4) is 0 Å². The molecule has 10 heteroatoms. The van der Waals surface area contributed by atoms with E-state index in [-0.39, 0.29) is 33.5 Å². The molecule has 9 nitrogen and oxygen atoms in total. The van der Waals surface area contributed by atoms with Gasteiger partial charge in [0.1, 0.15) is 22.0 Å². The summed E-state index contributed by atoms with van der Waals surface area (Å²) in [5.74, 6) is -0.880. The van der Waals surface area contributed by atoms with Gasteiger partial charge in [-0.3, -0.25) is 4.79 Å². The van der Waals surface area contributed by atoms with Crippen molar-refractivity contribution in [2.75, 3.05) is 17.3 Å². The minimum absolute atomic E-state index is 0.148. The lowest BCUT2D eigenvalue weighted by Gasteiger charge is -2.21. The molecule has 0 aliphatic carbocycles. The van der Waals surface area contributed by atoms with Crippen molar-refractivity contribution in [3.05, 3.63) is 58.4 Å². The highest BCUT2D eigenvalue weighted by molar-refractivity contribution is 7.90. The molecular formula is C20H20N4O5S. The normalized spacial score (nSPS) is 14.6. The third kappa shape index (κ3) is 3.24. The zero-order valence-corrected chi connectivity index (χ0v) is 16.9. The lowest BCUT2D eigenvalue weighted by molar-refractivity contribution is 0.473. The largest absolute Gasteiger partial charge is 0.508 e. The number of rotatable bonds is 5. The van der Waals surface area contributed by atoms with Gasteiger partial charge in [0.05, 0.1) is 11.2 Å². The second-order valence-corrected chi connectivity index (χ2v) is 8.44. The summed E-state index contributed by atoms with van der Waals surface area (Å²) in [5, 5.41) is 23.6. The number of anilines is 1. The van der Waals surface area contributed by atoms with Crippen LogP contribution in [0.1, 0.15) is 25.3 Å². The predicted octanol–water partition coefficient (Wildman–Crippen LogP) is 2.32. The van der Waals surface area contributed by atoms with Crippen molar-refractivity contribution in [2.45, 2.75) is 24.7 Å². The molecule has 2 heterocycles. The Kier molecular flexibility index (Phi) is 4.86. The smallest absolute Gasteiger partial charge is 0.286 e. The topological polar surface area (TPSA) is 133 Å². The van der Waals surface area contributed by atoms with Crippen LogP contribution in [0.15, 0.2) is 56.6 Å². The molecule has 0 unspecified atom stereocenters. The Morgan fingerprint density at radius 2 is 1.93 bits per heavy atom. The van der Waals surface area contributed by atoms with Gasteiger partial charge in [-0.25, -0.2) is 4.68 Å². The van der Waals surface area contributed by atoms with Crippen LogP contribution in [-0.2, 0) is 10.0 Å². The number of nitrogens with one attached hydrogen (secondary N) is 2. The maximum Gasteiger partial charge on any atom is 0.286 e. The summed E-state index contributed by atoms with van der Waals surface area (Å²) in [5.41, 5.74) is 2.75. The zero-order valence-electron chi connectivity index (χ0n) is 16.1. The summed E-state index contributed by atoms with van der Waals surface area (Å²) in [7, 11) is -4.20. The van der Waals surface area contributed by atoms with Crippen LogP contribution in [-0.4, -0.2) is 35.7 Å². The minimum atomic E-state index is -4.20. The second kappa shape index (κ2) is 7.38. The van der Waals surface area contributed by atoms with Gasteiger partial charge in [-0.05, 0) is 30.7 Å². The van der Waals surface area contributed by atoms with Gasteiger partial charge in [0.15, 0.2) is 5.84 Å². The molecule has 0 fully saturated rings. The van der Waals surface area contributed by atoms with Crippen molar-refractivity contribution in [3.63, 3.8) is 0 Å². The number of amidine groups is 1. The molecule has 4 rings (SSSR count). The lowest BCUT2D eigenvalue weighted by atomic mass is 10.1. The third-order valence-corrected chi connectivity index (χ3v) is 6.12. The second-order valence-electron chi connectivity index (χ2n) is 6.86. The van der Waals surface area contributed by atoms with Crippen LogP contribution in [0.5, 0.6) is 11.5 Å². The number of hydrogen-bond donors (Lipinski definition) is 4. The molecule has 0 amide bonds. The van der Waals surface area contributed by atoms with Gasteiger partial charge >= 0.3 is 0 Å². The van der Waals surface area contributed by atoms with E-state index in [0.29, 0.717) is 17.4 Å². The van der Waals surface area contributed by atoms with Crippen LogP contribution in [0.4, 0.5) is 5.69 Å². The quantitative estimate of drug-likeness (QED) is 0.362. The highest BCUT2D eigenvalue weighted by Gasteiger charge is 2.30. The van der Waals surface area contributed by atoms with Crippen molar-refractivity contribution in [1.29, 1.82) is 0 Å². The molecule has 1 aliphatic heterocycles. The molecular weight excluding hydrogens is 408 g/mol. The van der Waals surface area contributed by atoms with Gasteiger partial charge in [-0.1, -0.05) is 25.5 Å². The summed E-state index contributed by atoms with van der Waals surface area (Å²) >= 11 is 0. The van der Waals surface area contributed by atoms with E-state index in [1.165, 1.54) is 16.8 Å². The lowest BCUT2D eigenvalue weighted by Crippen LogP contribution is -2.36. The number of pyridine rings is 1. The van der Waals surface area contributed by atoms with E-state index >= 15 is 0 Å². The molecule has 1 aromatic heterocycles. The highest BCUT2D eigenvalue weighted by Crippen LogP contribution is 2.33. The number of aromatic nitrogens is 1. The number of phenols is 1. The number of para-hydroxylation sites is 1. The number of fused-ring (bicyclic) bond motifs is 2. The fraction of sp³-hybridized carbons (Fsp3) is 0.200. The molecule has 2 aromatic carbocycles. The highest BCUT2D eigenvalue weighted by atomic mass is 32.2.